The summed E-state index contributed by atoms with van der Waals surface area (Å²) >= 11 is 0. The fourth-order valence-corrected chi connectivity index (χ4v) is 3.16. The van der Waals surface area contributed by atoms with Crippen molar-refractivity contribution in [3.8, 4) is 0 Å². The van der Waals surface area contributed by atoms with Crippen molar-refractivity contribution < 1.29 is 22.8 Å². The molecule has 18 heavy (non-hydrogen) atoms. The fourth-order valence-electron chi connectivity index (χ4n) is 1.38. The molecule has 6 nitrogen and oxygen atoms in total. The molecule has 0 aliphatic rings. The Morgan fingerprint density at radius 2 is 1.61 bits per heavy atom. The lowest BCUT2D eigenvalue weighted by molar-refractivity contribution is -0.156. The molecule has 0 spiro atoms. The minimum atomic E-state index is -2.67. The van der Waals surface area contributed by atoms with Gasteiger partial charge in [0.2, 0.25) is 0 Å². The summed E-state index contributed by atoms with van der Waals surface area (Å²) in [5, 5.41) is 0. The molecule has 0 aromatic rings. The lowest BCUT2D eigenvalue weighted by Gasteiger charge is -2.26. The zero-order valence-corrected chi connectivity index (χ0v) is 13.1. The van der Waals surface area contributed by atoms with Crippen molar-refractivity contribution in [3.63, 3.8) is 0 Å². The number of carbonyl (C=O) groups excluding carboxylic acids is 1. The molecule has 1 atom stereocenters. The van der Waals surface area contributed by atoms with E-state index < -0.39 is 26.4 Å². The van der Waals surface area contributed by atoms with Crippen LogP contribution >= 0.6 is 0 Å². The molecule has 0 radical (unpaired) electrons. The van der Waals surface area contributed by atoms with E-state index in [0.29, 0.717) is 12.5 Å². The molecule has 0 aromatic carbocycles. The second-order valence-corrected chi connectivity index (χ2v) is 8.06. The normalized spacial score (nSPS) is 14.4. The molecule has 2 N–H and O–H groups in total. The lowest BCUT2D eigenvalue weighted by Crippen LogP contribution is -2.45. The summed E-state index contributed by atoms with van der Waals surface area (Å²) in [6.07, 6.45) is 0.399. The Balaban J connectivity index is 4.32. The van der Waals surface area contributed by atoms with Crippen molar-refractivity contribution in [2.24, 2.45) is 5.73 Å². The third-order valence-electron chi connectivity index (χ3n) is 2.40. The van der Waals surface area contributed by atoms with Gasteiger partial charge < -0.3 is 23.7 Å². The second-order valence-electron chi connectivity index (χ2n) is 4.97. The van der Waals surface area contributed by atoms with Crippen molar-refractivity contribution in [2.75, 3.05) is 21.3 Å². The lowest BCUT2D eigenvalue weighted by atomic mass is 10.2. The molecule has 0 bridgehead atoms. The highest BCUT2D eigenvalue weighted by Crippen LogP contribution is 2.17. The number of esters is 1. The Morgan fingerprint density at radius 3 is 1.94 bits per heavy atom. The van der Waals surface area contributed by atoms with Crippen molar-refractivity contribution in [1.82, 2.24) is 0 Å². The number of hydrogen-bond acceptors (Lipinski definition) is 6. The van der Waals surface area contributed by atoms with Crippen LogP contribution in [0.25, 0.3) is 0 Å². The molecule has 0 heterocycles. The van der Waals surface area contributed by atoms with Gasteiger partial charge in [-0.3, -0.25) is 4.79 Å². The van der Waals surface area contributed by atoms with Crippen LogP contribution in [0.2, 0.25) is 6.04 Å². The smallest absolute Gasteiger partial charge is 0.459 e. The van der Waals surface area contributed by atoms with Crippen LogP contribution in [0, 0.1) is 0 Å². The number of nitrogens with two attached hydrogens (primary N) is 1. The SMILES string of the molecule is CO[Si](CCC(N)C(=O)OC(C)(C)C)(OC)OC. The van der Waals surface area contributed by atoms with E-state index in [1.165, 1.54) is 21.3 Å². The Bertz CT molecular complexity index is 254. The monoisotopic (exact) mass is 279 g/mol. The van der Waals surface area contributed by atoms with Gasteiger partial charge in [0, 0.05) is 27.4 Å². The predicted molar refractivity (Wildman–Crippen MR) is 70.0 cm³/mol. The first kappa shape index (κ1) is 17.5. The van der Waals surface area contributed by atoms with E-state index in [-0.39, 0.29) is 0 Å². The average Bonchev–Trinajstić information content (AvgIpc) is 2.29. The third kappa shape index (κ3) is 5.92. The number of carbonyl (C=O) groups is 1. The van der Waals surface area contributed by atoms with Crippen molar-refractivity contribution in [2.45, 2.75) is 44.9 Å². The zero-order valence-electron chi connectivity index (χ0n) is 12.1. The van der Waals surface area contributed by atoms with Crippen LogP contribution in [0.5, 0.6) is 0 Å². The van der Waals surface area contributed by atoms with Gasteiger partial charge in [0.25, 0.3) is 0 Å². The molecule has 1 unspecified atom stereocenters. The van der Waals surface area contributed by atoms with E-state index in [1.54, 1.807) is 20.8 Å². The van der Waals surface area contributed by atoms with E-state index in [2.05, 4.69) is 0 Å². The summed E-state index contributed by atoms with van der Waals surface area (Å²) in [6, 6.07) is -0.228. The first-order chi connectivity index (χ1) is 8.19. The van der Waals surface area contributed by atoms with Crippen LogP contribution in [-0.2, 0) is 22.8 Å². The summed E-state index contributed by atoms with van der Waals surface area (Å²) in [4.78, 5) is 11.7. The number of rotatable bonds is 7. The maximum atomic E-state index is 11.7. The Hall–Kier alpha value is -0.473. The van der Waals surface area contributed by atoms with Gasteiger partial charge in [0.05, 0.1) is 0 Å². The van der Waals surface area contributed by atoms with Gasteiger partial charge in [-0.25, -0.2) is 0 Å². The molecule has 0 aliphatic heterocycles. The quantitative estimate of drug-likeness (QED) is 0.551. The first-order valence-electron chi connectivity index (χ1n) is 5.83. The maximum Gasteiger partial charge on any atom is 0.500 e. The van der Waals surface area contributed by atoms with Crippen molar-refractivity contribution >= 4 is 14.8 Å². The molecular weight excluding hydrogens is 254 g/mol. The van der Waals surface area contributed by atoms with E-state index in [1.807, 2.05) is 0 Å². The highest BCUT2D eigenvalue weighted by molar-refractivity contribution is 6.60. The predicted octanol–water partition coefficient (Wildman–Crippen LogP) is 0.924. The molecule has 108 valence electrons. The minimum absolute atomic E-state index is 0.399. The van der Waals surface area contributed by atoms with Gasteiger partial charge in [-0.05, 0) is 27.2 Å². The van der Waals surface area contributed by atoms with Gasteiger partial charge in [-0.1, -0.05) is 0 Å². The van der Waals surface area contributed by atoms with Gasteiger partial charge in [0.1, 0.15) is 11.6 Å². The first-order valence-corrected chi connectivity index (χ1v) is 7.77. The van der Waals surface area contributed by atoms with Crippen LogP contribution in [-0.4, -0.2) is 47.7 Å². The van der Waals surface area contributed by atoms with E-state index in [4.69, 9.17) is 23.7 Å². The Labute approximate surface area is 110 Å². The van der Waals surface area contributed by atoms with Gasteiger partial charge in [-0.15, -0.1) is 0 Å². The van der Waals surface area contributed by atoms with Crippen LogP contribution in [0.15, 0.2) is 0 Å². The summed E-state index contributed by atoms with van der Waals surface area (Å²) in [5.74, 6) is -0.422. The highest BCUT2D eigenvalue weighted by atomic mass is 28.4. The summed E-state index contributed by atoms with van der Waals surface area (Å²) in [7, 11) is 1.91. The van der Waals surface area contributed by atoms with Gasteiger partial charge in [0.15, 0.2) is 0 Å². The largest absolute Gasteiger partial charge is 0.500 e. The fraction of sp³-hybridized carbons (Fsp3) is 0.909. The second kappa shape index (κ2) is 7.20. The van der Waals surface area contributed by atoms with Gasteiger partial charge >= 0.3 is 14.8 Å². The molecule has 0 rings (SSSR count). The third-order valence-corrected chi connectivity index (χ3v) is 5.17. The molecule has 0 saturated heterocycles. The maximum absolute atomic E-state index is 11.7. The number of ether oxygens (including phenoxy) is 1. The van der Waals surface area contributed by atoms with E-state index >= 15 is 0 Å². The molecule has 0 amide bonds. The average molecular weight is 279 g/mol. The molecule has 7 heteroatoms. The van der Waals surface area contributed by atoms with Crippen LogP contribution in [0.1, 0.15) is 27.2 Å². The summed E-state index contributed by atoms with van der Waals surface area (Å²) in [5.41, 5.74) is 5.24. The van der Waals surface area contributed by atoms with Gasteiger partial charge in [-0.2, -0.15) is 0 Å². The molecule has 0 saturated carbocycles. The standard InChI is InChI=1S/C11H25NO5Si/c1-11(2,3)17-10(13)9(12)7-8-18(14-4,15-5)16-6/h9H,7-8,12H2,1-6H3. The summed E-state index contributed by atoms with van der Waals surface area (Å²) < 4.78 is 21.0. The van der Waals surface area contributed by atoms with E-state index in [0.717, 1.165) is 0 Å². The molecular formula is C11H25NO5Si. The molecule has 0 aliphatic carbocycles. The summed E-state index contributed by atoms with van der Waals surface area (Å²) in [6.45, 7) is 5.41. The minimum Gasteiger partial charge on any atom is -0.459 e. The Kier molecular flexibility index (Phi) is 7.01. The number of hydrogen-bond donors (Lipinski definition) is 1. The van der Waals surface area contributed by atoms with E-state index in [9.17, 15) is 4.79 Å². The topological polar surface area (TPSA) is 80.0 Å². The van der Waals surface area contributed by atoms with Crippen molar-refractivity contribution in [1.29, 1.82) is 0 Å². The van der Waals surface area contributed by atoms with Crippen LogP contribution in [0.4, 0.5) is 0 Å². The van der Waals surface area contributed by atoms with Crippen LogP contribution < -0.4 is 5.73 Å². The van der Waals surface area contributed by atoms with Crippen molar-refractivity contribution in [3.05, 3.63) is 0 Å². The highest BCUT2D eigenvalue weighted by Gasteiger charge is 2.38. The Morgan fingerprint density at radius 1 is 1.17 bits per heavy atom. The zero-order chi connectivity index (χ0) is 14.4. The van der Waals surface area contributed by atoms with Crippen LogP contribution in [0.3, 0.4) is 0 Å². The molecule has 0 fully saturated rings. The molecule has 0 aromatic heterocycles.